The van der Waals surface area contributed by atoms with Crippen LogP contribution in [0.4, 0.5) is 0 Å². The Morgan fingerprint density at radius 2 is 1.81 bits per heavy atom. The van der Waals surface area contributed by atoms with Gasteiger partial charge in [-0.2, -0.15) is 0 Å². The van der Waals surface area contributed by atoms with Crippen LogP contribution in [-0.2, 0) is 4.79 Å². The normalized spacial score (nSPS) is 12.0. The smallest absolute Gasteiger partial charge is 0.277 e. The standard InChI is InChI=1S/C22H19ClN4O2S2/c1-13-20(31-14(2)24-13)21-26-27-22(29-21)30-12-18(28)25-19(15-6-4-3-5-7-15)16-8-10-17(23)11-9-16/h3-11,19H,12H2,1-2H3,(H,25,28). The van der Waals surface area contributed by atoms with Gasteiger partial charge in [-0.3, -0.25) is 4.79 Å². The molecule has 0 spiro atoms. The lowest BCUT2D eigenvalue weighted by Gasteiger charge is -2.19. The zero-order valence-electron chi connectivity index (χ0n) is 16.8. The third-order valence-corrected chi connectivity index (χ3v) is 6.60. The van der Waals surface area contributed by atoms with Crippen molar-refractivity contribution in [2.24, 2.45) is 0 Å². The molecular weight excluding hydrogens is 452 g/mol. The van der Waals surface area contributed by atoms with Crippen LogP contribution in [0.2, 0.25) is 5.02 Å². The number of benzene rings is 2. The number of carbonyl (C=O) groups excluding carboxylic acids is 1. The SMILES string of the molecule is Cc1nc(C)c(-c2nnc(SCC(=O)NC(c3ccccc3)c3ccc(Cl)cc3)o2)s1. The molecule has 6 nitrogen and oxygen atoms in total. The molecule has 9 heteroatoms. The Balaban J connectivity index is 1.44. The van der Waals surface area contributed by atoms with Gasteiger partial charge in [0.25, 0.3) is 11.1 Å². The van der Waals surface area contributed by atoms with Gasteiger partial charge in [0, 0.05) is 5.02 Å². The van der Waals surface area contributed by atoms with E-state index in [-0.39, 0.29) is 17.7 Å². The van der Waals surface area contributed by atoms with Crippen molar-refractivity contribution in [1.29, 1.82) is 0 Å². The molecule has 4 aromatic rings. The molecule has 0 aliphatic rings. The van der Waals surface area contributed by atoms with Crippen LogP contribution in [0, 0.1) is 13.8 Å². The van der Waals surface area contributed by atoms with E-state index in [0.717, 1.165) is 26.7 Å². The van der Waals surface area contributed by atoms with Crippen molar-refractivity contribution >= 4 is 40.6 Å². The fraction of sp³-hybridized carbons (Fsp3) is 0.182. The van der Waals surface area contributed by atoms with Crippen molar-refractivity contribution in [1.82, 2.24) is 20.5 Å². The van der Waals surface area contributed by atoms with Crippen LogP contribution in [0.5, 0.6) is 0 Å². The van der Waals surface area contributed by atoms with Crippen molar-refractivity contribution in [3.05, 3.63) is 81.4 Å². The minimum atomic E-state index is -0.285. The van der Waals surface area contributed by atoms with E-state index in [1.54, 1.807) is 0 Å². The number of amides is 1. The summed E-state index contributed by atoms with van der Waals surface area (Å²) in [5, 5.41) is 13.2. The van der Waals surface area contributed by atoms with Crippen molar-refractivity contribution in [2.75, 3.05) is 5.75 Å². The Morgan fingerprint density at radius 3 is 2.48 bits per heavy atom. The molecule has 0 aliphatic carbocycles. The molecule has 0 radical (unpaired) electrons. The summed E-state index contributed by atoms with van der Waals surface area (Å²) < 4.78 is 5.72. The first-order valence-corrected chi connectivity index (χ1v) is 11.7. The Labute approximate surface area is 193 Å². The van der Waals surface area contributed by atoms with Crippen LogP contribution >= 0.6 is 34.7 Å². The van der Waals surface area contributed by atoms with Crippen molar-refractivity contribution in [3.63, 3.8) is 0 Å². The number of carbonyl (C=O) groups is 1. The first-order chi connectivity index (χ1) is 15.0. The van der Waals surface area contributed by atoms with E-state index >= 15 is 0 Å². The van der Waals surface area contributed by atoms with Crippen LogP contribution < -0.4 is 5.32 Å². The topological polar surface area (TPSA) is 80.9 Å². The second-order valence-electron chi connectivity index (χ2n) is 6.77. The van der Waals surface area contributed by atoms with E-state index in [2.05, 4.69) is 20.5 Å². The maximum absolute atomic E-state index is 12.7. The van der Waals surface area contributed by atoms with Gasteiger partial charge in [0.05, 0.1) is 22.5 Å². The monoisotopic (exact) mass is 470 g/mol. The largest absolute Gasteiger partial charge is 0.410 e. The molecule has 1 amide bonds. The molecule has 0 saturated heterocycles. The van der Waals surface area contributed by atoms with E-state index in [0.29, 0.717) is 16.1 Å². The van der Waals surface area contributed by atoms with Gasteiger partial charge in [-0.1, -0.05) is 65.8 Å². The third kappa shape index (κ3) is 5.33. The van der Waals surface area contributed by atoms with Crippen molar-refractivity contribution < 1.29 is 9.21 Å². The van der Waals surface area contributed by atoms with Gasteiger partial charge in [0.15, 0.2) is 0 Å². The Bertz CT molecular complexity index is 1180. The summed E-state index contributed by atoms with van der Waals surface area (Å²) in [5.74, 6) is 0.437. The van der Waals surface area contributed by atoms with Gasteiger partial charge in [-0.15, -0.1) is 21.5 Å². The Morgan fingerprint density at radius 1 is 1.10 bits per heavy atom. The fourth-order valence-corrected chi connectivity index (χ4v) is 4.62. The lowest BCUT2D eigenvalue weighted by atomic mass is 9.99. The number of hydrogen-bond acceptors (Lipinski definition) is 7. The lowest BCUT2D eigenvalue weighted by molar-refractivity contribution is -0.119. The number of aromatic nitrogens is 3. The number of aryl methyl sites for hydroxylation is 2. The molecule has 1 atom stereocenters. The summed E-state index contributed by atoms with van der Waals surface area (Å²) in [4.78, 5) is 18.0. The number of thioether (sulfide) groups is 1. The number of halogens is 1. The second-order valence-corrected chi connectivity index (χ2v) is 9.34. The highest BCUT2D eigenvalue weighted by Crippen LogP contribution is 2.30. The molecule has 158 valence electrons. The van der Waals surface area contributed by atoms with Gasteiger partial charge >= 0.3 is 0 Å². The Kier molecular flexibility index (Phi) is 6.70. The molecule has 0 bridgehead atoms. The molecule has 31 heavy (non-hydrogen) atoms. The van der Waals surface area contributed by atoms with Crippen molar-refractivity contribution in [3.8, 4) is 10.8 Å². The van der Waals surface area contributed by atoms with Crippen LogP contribution in [0.15, 0.2) is 64.2 Å². The van der Waals surface area contributed by atoms with E-state index in [9.17, 15) is 4.79 Å². The van der Waals surface area contributed by atoms with E-state index in [1.165, 1.54) is 23.1 Å². The van der Waals surface area contributed by atoms with E-state index in [1.807, 2.05) is 68.4 Å². The average molecular weight is 471 g/mol. The highest BCUT2D eigenvalue weighted by atomic mass is 35.5. The Hall–Kier alpha value is -2.68. The maximum Gasteiger partial charge on any atom is 0.277 e. The van der Waals surface area contributed by atoms with Crippen LogP contribution in [0.1, 0.15) is 27.9 Å². The molecule has 1 unspecified atom stereocenters. The van der Waals surface area contributed by atoms with E-state index < -0.39 is 0 Å². The lowest BCUT2D eigenvalue weighted by Crippen LogP contribution is -2.30. The van der Waals surface area contributed by atoms with Gasteiger partial charge in [0.2, 0.25) is 5.91 Å². The predicted octanol–water partition coefficient (Wildman–Crippen LogP) is 5.46. The quantitative estimate of drug-likeness (QED) is 0.361. The molecule has 0 aliphatic heterocycles. The zero-order chi connectivity index (χ0) is 21.8. The minimum absolute atomic E-state index is 0.140. The predicted molar refractivity (Wildman–Crippen MR) is 123 cm³/mol. The number of rotatable bonds is 7. The number of nitrogens with zero attached hydrogens (tertiary/aromatic N) is 3. The van der Waals surface area contributed by atoms with Gasteiger partial charge in [0.1, 0.15) is 4.88 Å². The van der Waals surface area contributed by atoms with Crippen LogP contribution in [0.25, 0.3) is 10.8 Å². The summed E-state index contributed by atoms with van der Waals surface area (Å²) in [6.45, 7) is 3.84. The molecule has 2 heterocycles. The first-order valence-electron chi connectivity index (χ1n) is 9.50. The van der Waals surface area contributed by atoms with E-state index in [4.69, 9.17) is 16.0 Å². The summed E-state index contributed by atoms with van der Waals surface area (Å²) >= 11 is 8.73. The minimum Gasteiger partial charge on any atom is -0.410 e. The average Bonchev–Trinajstić information content (AvgIpc) is 3.37. The molecule has 0 saturated carbocycles. The fourth-order valence-electron chi connectivity index (χ4n) is 3.08. The molecule has 1 N–H and O–H groups in total. The summed E-state index contributed by atoms with van der Waals surface area (Å²) in [6.07, 6.45) is 0. The maximum atomic E-state index is 12.7. The van der Waals surface area contributed by atoms with Crippen LogP contribution in [0.3, 0.4) is 0 Å². The van der Waals surface area contributed by atoms with Gasteiger partial charge < -0.3 is 9.73 Å². The molecular formula is C22H19ClN4O2S2. The molecule has 2 aromatic heterocycles. The highest BCUT2D eigenvalue weighted by Gasteiger charge is 2.19. The van der Waals surface area contributed by atoms with Gasteiger partial charge in [-0.05, 0) is 37.1 Å². The van der Waals surface area contributed by atoms with Gasteiger partial charge in [-0.25, -0.2) is 4.98 Å². The zero-order valence-corrected chi connectivity index (χ0v) is 19.2. The van der Waals surface area contributed by atoms with Crippen molar-refractivity contribution in [2.45, 2.75) is 25.1 Å². The second kappa shape index (κ2) is 9.64. The number of hydrogen-bond donors (Lipinski definition) is 1. The number of thiazole rings is 1. The molecule has 0 fully saturated rings. The van der Waals surface area contributed by atoms with Crippen LogP contribution in [-0.4, -0.2) is 26.8 Å². The summed E-state index contributed by atoms with van der Waals surface area (Å²) in [6, 6.07) is 17.0. The summed E-state index contributed by atoms with van der Waals surface area (Å²) in [5.41, 5.74) is 2.79. The molecule has 2 aromatic carbocycles. The first kappa shape index (κ1) is 21.5. The summed E-state index contributed by atoms with van der Waals surface area (Å²) in [7, 11) is 0. The third-order valence-electron chi connectivity index (χ3n) is 4.47. The highest BCUT2D eigenvalue weighted by molar-refractivity contribution is 7.99. The molecule has 4 rings (SSSR count). The number of nitrogens with one attached hydrogen (secondary N) is 1.